The summed E-state index contributed by atoms with van der Waals surface area (Å²) in [7, 11) is -3.39. The molecule has 0 aliphatic carbocycles. The van der Waals surface area contributed by atoms with Crippen LogP contribution in [0.2, 0.25) is 0 Å². The van der Waals surface area contributed by atoms with E-state index in [1.807, 2.05) is 0 Å². The topological polar surface area (TPSA) is 88.5 Å². The molecule has 2 aromatic carbocycles. The van der Waals surface area contributed by atoms with E-state index in [0.717, 1.165) is 18.4 Å². The van der Waals surface area contributed by atoms with Gasteiger partial charge in [-0.3, -0.25) is 9.59 Å². The second kappa shape index (κ2) is 6.92. The van der Waals surface area contributed by atoms with Crippen molar-refractivity contribution >= 4 is 21.6 Å². The van der Waals surface area contributed by atoms with Gasteiger partial charge >= 0.3 is 5.97 Å². The highest BCUT2D eigenvalue weighted by Gasteiger charge is 2.25. The third-order valence-electron chi connectivity index (χ3n) is 3.53. The van der Waals surface area contributed by atoms with E-state index >= 15 is 0 Å². The molecule has 0 spiro atoms. The number of carbonyl (C=O) groups excluding carboxylic acids is 1. The first-order valence-corrected chi connectivity index (χ1v) is 8.89. The minimum Gasteiger partial charge on any atom is -0.481 e. The minimum absolute atomic E-state index is 0.0783. The summed E-state index contributed by atoms with van der Waals surface area (Å²) in [6.07, 6.45) is 0.606. The molecule has 1 atom stereocenters. The summed E-state index contributed by atoms with van der Waals surface area (Å²) in [6.45, 7) is 0. The first-order valence-electron chi connectivity index (χ1n) is 7.00. The normalized spacial score (nSPS) is 12.6. The number of benzene rings is 2. The number of halogens is 1. The van der Waals surface area contributed by atoms with E-state index in [4.69, 9.17) is 5.11 Å². The largest absolute Gasteiger partial charge is 0.481 e. The Balaban J connectivity index is 2.39. The number of Topliss-reactive ketones (excluding diaryl/α,β-unsaturated/α-hetero) is 1. The standard InChI is InChI=1S/C17H15FO5S/c1-24(22,23)14-8-4-11(5-9-14)15(10-16(19)20)17(21)12-2-6-13(18)7-3-12/h2-9,15H,10H2,1H3,(H,19,20). The molecule has 7 heteroatoms. The van der Waals surface area contributed by atoms with Gasteiger partial charge in [-0.05, 0) is 42.0 Å². The third-order valence-corrected chi connectivity index (χ3v) is 4.66. The number of rotatable bonds is 6. The zero-order chi connectivity index (χ0) is 17.9. The average Bonchev–Trinajstić information content (AvgIpc) is 2.52. The van der Waals surface area contributed by atoms with Gasteiger partial charge in [0.1, 0.15) is 5.82 Å². The van der Waals surface area contributed by atoms with Crippen molar-refractivity contribution in [1.82, 2.24) is 0 Å². The van der Waals surface area contributed by atoms with Gasteiger partial charge in [0.25, 0.3) is 0 Å². The van der Waals surface area contributed by atoms with Crippen molar-refractivity contribution in [2.75, 3.05) is 6.26 Å². The van der Waals surface area contributed by atoms with Crippen LogP contribution in [0.1, 0.15) is 28.3 Å². The molecule has 0 saturated heterocycles. The zero-order valence-electron chi connectivity index (χ0n) is 12.8. The van der Waals surface area contributed by atoms with Crippen LogP contribution in [0.15, 0.2) is 53.4 Å². The summed E-state index contributed by atoms with van der Waals surface area (Å²) in [5.41, 5.74) is 0.578. The number of carboxylic acid groups (broad SMARTS) is 1. The van der Waals surface area contributed by atoms with Crippen molar-refractivity contribution in [3.8, 4) is 0 Å². The van der Waals surface area contributed by atoms with Crippen LogP contribution in [0.5, 0.6) is 0 Å². The summed E-state index contributed by atoms with van der Waals surface area (Å²) in [6, 6.07) is 10.3. The van der Waals surface area contributed by atoms with Crippen LogP contribution in [0, 0.1) is 5.82 Å². The molecule has 0 saturated carbocycles. The Morgan fingerprint density at radius 1 is 1.04 bits per heavy atom. The van der Waals surface area contributed by atoms with Crippen molar-refractivity contribution in [2.45, 2.75) is 17.2 Å². The molecule has 126 valence electrons. The molecule has 2 rings (SSSR count). The highest BCUT2D eigenvalue weighted by molar-refractivity contribution is 7.90. The van der Waals surface area contributed by atoms with Crippen molar-refractivity contribution in [1.29, 1.82) is 0 Å². The summed E-state index contributed by atoms with van der Waals surface area (Å²) in [5, 5.41) is 9.06. The van der Waals surface area contributed by atoms with Crippen LogP contribution < -0.4 is 0 Å². The molecule has 0 aromatic heterocycles. The van der Waals surface area contributed by atoms with E-state index in [-0.39, 0.29) is 10.5 Å². The fraction of sp³-hybridized carbons (Fsp3) is 0.176. The number of hydrogen-bond acceptors (Lipinski definition) is 4. The Morgan fingerprint density at radius 2 is 1.58 bits per heavy atom. The van der Waals surface area contributed by atoms with Gasteiger partial charge in [-0.2, -0.15) is 0 Å². The predicted octanol–water partition coefficient (Wildman–Crippen LogP) is 2.67. The van der Waals surface area contributed by atoms with Crippen LogP contribution >= 0.6 is 0 Å². The van der Waals surface area contributed by atoms with Gasteiger partial charge in [0.05, 0.1) is 17.2 Å². The minimum atomic E-state index is -3.39. The maximum absolute atomic E-state index is 13.0. The predicted molar refractivity (Wildman–Crippen MR) is 85.3 cm³/mol. The molecule has 0 aliphatic heterocycles. The fourth-order valence-corrected chi connectivity index (χ4v) is 2.93. The van der Waals surface area contributed by atoms with Crippen molar-refractivity contribution < 1.29 is 27.5 Å². The summed E-state index contributed by atoms with van der Waals surface area (Å²) < 4.78 is 35.9. The maximum Gasteiger partial charge on any atom is 0.304 e. The lowest BCUT2D eigenvalue weighted by molar-refractivity contribution is -0.137. The van der Waals surface area contributed by atoms with Crippen molar-refractivity contribution in [3.63, 3.8) is 0 Å². The second-order valence-electron chi connectivity index (χ2n) is 5.36. The molecule has 1 unspecified atom stereocenters. The van der Waals surface area contributed by atoms with Gasteiger partial charge in [0.15, 0.2) is 15.6 Å². The lowest BCUT2D eigenvalue weighted by Gasteiger charge is -2.15. The first-order chi connectivity index (χ1) is 11.2. The molecule has 2 aromatic rings. The second-order valence-corrected chi connectivity index (χ2v) is 7.38. The molecular weight excluding hydrogens is 335 g/mol. The first kappa shape index (κ1) is 17.8. The van der Waals surface area contributed by atoms with Gasteiger partial charge in [0, 0.05) is 11.8 Å². The molecule has 0 amide bonds. The van der Waals surface area contributed by atoms with Crippen molar-refractivity contribution in [2.24, 2.45) is 0 Å². The summed E-state index contributed by atoms with van der Waals surface area (Å²) in [5.74, 6) is -3.12. The van der Waals surface area contributed by atoms with Crippen LogP contribution in [0.4, 0.5) is 4.39 Å². The molecule has 1 N–H and O–H groups in total. The molecule has 0 radical (unpaired) electrons. The number of sulfone groups is 1. The SMILES string of the molecule is CS(=O)(=O)c1ccc(C(CC(=O)O)C(=O)c2ccc(F)cc2)cc1. The smallest absolute Gasteiger partial charge is 0.304 e. The van der Waals surface area contributed by atoms with Crippen molar-refractivity contribution in [3.05, 3.63) is 65.5 Å². The molecule has 24 heavy (non-hydrogen) atoms. The van der Waals surface area contributed by atoms with Gasteiger partial charge in [-0.25, -0.2) is 12.8 Å². The van der Waals surface area contributed by atoms with Crippen LogP contribution in [-0.4, -0.2) is 31.5 Å². The van der Waals surface area contributed by atoms with E-state index in [1.165, 1.54) is 36.4 Å². The van der Waals surface area contributed by atoms with Gasteiger partial charge in [-0.15, -0.1) is 0 Å². The molecule has 0 bridgehead atoms. The van der Waals surface area contributed by atoms with E-state index in [1.54, 1.807) is 0 Å². The van der Waals surface area contributed by atoms with E-state index in [9.17, 15) is 22.4 Å². The number of aliphatic carboxylic acids is 1. The third kappa shape index (κ3) is 4.26. The average molecular weight is 350 g/mol. The quantitative estimate of drug-likeness (QED) is 0.809. The molecular formula is C17H15FO5S. The highest BCUT2D eigenvalue weighted by Crippen LogP contribution is 2.26. The molecule has 0 aliphatic rings. The van der Waals surface area contributed by atoms with Crippen LogP contribution in [0.25, 0.3) is 0 Å². The van der Waals surface area contributed by atoms with Gasteiger partial charge in [-0.1, -0.05) is 12.1 Å². The Hall–Kier alpha value is -2.54. The van der Waals surface area contributed by atoms with Gasteiger partial charge < -0.3 is 5.11 Å². The lowest BCUT2D eigenvalue weighted by atomic mass is 9.88. The monoisotopic (exact) mass is 350 g/mol. The van der Waals surface area contributed by atoms with Crippen LogP contribution in [0.3, 0.4) is 0 Å². The van der Waals surface area contributed by atoms with E-state index < -0.39 is 39.7 Å². The summed E-state index contributed by atoms with van der Waals surface area (Å²) in [4.78, 5) is 23.7. The highest BCUT2D eigenvalue weighted by atomic mass is 32.2. The number of ketones is 1. The Kier molecular flexibility index (Phi) is 5.14. The molecule has 0 fully saturated rings. The number of carboxylic acids is 1. The zero-order valence-corrected chi connectivity index (χ0v) is 13.6. The Labute approximate surface area is 138 Å². The maximum atomic E-state index is 13.0. The summed E-state index contributed by atoms with van der Waals surface area (Å²) >= 11 is 0. The number of carbonyl (C=O) groups is 2. The molecule has 0 heterocycles. The molecule has 5 nitrogen and oxygen atoms in total. The van der Waals surface area contributed by atoms with Crippen LogP contribution in [-0.2, 0) is 14.6 Å². The van der Waals surface area contributed by atoms with E-state index in [2.05, 4.69) is 0 Å². The number of hydrogen-bond donors (Lipinski definition) is 1. The Morgan fingerprint density at radius 3 is 2.04 bits per heavy atom. The van der Waals surface area contributed by atoms with Gasteiger partial charge in [0.2, 0.25) is 0 Å². The van der Waals surface area contributed by atoms with E-state index in [0.29, 0.717) is 5.56 Å². The fourth-order valence-electron chi connectivity index (χ4n) is 2.30. The Bertz CT molecular complexity index is 855. The lowest BCUT2D eigenvalue weighted by Crippen LogP contribution is -2.17.